The summed E-state index contributed by atoms with van der Waals surface area (Å²) in [5, 5.41) is 5.51. The summed E-state index contributed by atoms with van der Waals surface area (Å²) in [6.45, 7) is 5.89. The van der Waals surface area contributed by atoms with Crippen molar-refractivity contribution in [2.24, 2.45) is 5.73 Å². The van der Waals surface area contributed by atoms with Crippen molar-refractivity contribution in [1.29, 1.82) is 0 Å². The summed E-state index contributed by atoms with van der Waals surface area (Å²) in [5.74, 6) is -1.23. The first-order valence-corrected chi connectivity index (χ1v) is 12.0. The van der Waals surface area contributed by atoms with Crippen LogP contribution in [0.25, 0.3) is 22.0 Å². The lowest BCUT2D eigenvalue weighted by Gasteiger charge is -2.16. The lowest BCUT2D eigenvalue weighted by molar-refractivity contribution is -0.145. The maximum atomic E-state index is 12.0. The third kappa shape index (κ3) is 5.91. The number of nitrogens with zero attached hydrogens (tertiary/aromatic N) is 2. The molecular weight excluding hydrogens is 452 g/mol. The van der Waals surface area contributed by atoms with Crippen LogP contribution in [0.4, 0.5) is 0 Å². The maximum absolute atomic E-state index is 12.0. The maximum Gasteiger partial charge on any atom is 0.328 e. The van der Waals surface area contributed by atoms with Crippen LogP contribution < -0.4 is 11.1 Å². The summed E-state index contributed by atoms with van der Waals surface area (Å²) in [7, 11) is 1.30. The molecule has 0 bridgehead atoms. The van der Waals surface area contributed by atoms with Gasteiger partial charge in [-0.2, -0.15) is 0 Å². The number of hydrogen-bond donors (Lipinski definition) is 2. The number of rotatable bonds is 10. The van der Waals surface area contributed by atoms with Gasteiger partial charge in [-0.1, -0.05) is 29.8 Å². The van der Waals surface area contributed by atoms with Gasteiger partial charge in [-0.15, -0.1) is 11.3 Å². The van der Waals surface area contributed by atoms with Crippen LogP contribution in [0.2, 0.25) is 0 Å². The molecule has 9 heteroatoms. The van der Waals surface area contributed by atoms with E-state index in [0.29, 0.717) is 24.9 Å². The van der Waals surface area contributed by atoms with E-state index in [9.17, 15) is 14.4 Å². The van der Waals surface area contributed by atoms with Gasteiger partial charge in [0.1, 0.15) is 11.0 Å². The minimum absolute atomic E-state index is 0.280. The monoisotopic (exact) mass is 482 g/mol. The first-order valence-electron chi connectivity index (χ1n) is 11.1. The van der Waals surface area contributed by atoms with Crippen molar-refractivity contribution in [2.45, 2.75) is 52.6 Å². The fourth-order valence-electron chi connectivity index (χ4n) is 3.87. The Morgan fingerprint density at radius 3 is 2.50 bits per heavy atom. The van der Waals surface area contributed by atoms with Crippen LogP contribution >= 0.6 is 11.3 Å². The molecular formula is C25H30N4O4S. The molecule has 1 atom stereocenters. The molecule has 3 rings (SSSR count). The van der Waals surface area contributed by atoms with Crippen molar-refractivity contribution >= 4 is 29.1 Å². The topological polar surface area (TPSA) is 116 Å². The lowest BCUT2D eigenvalue weighted by Crippen LogP contribution is -2.40. The quantitative estimate of drug-likeness (QED) is 0.336. The number of aromatic nitrogens is 2. The summed E-state index contributed by atoms with van der Waals surface area (Å²) in [6.07, 6.45) is 1.86. The molecule has 180 valence electrons. The molecule has 0 saturated carbocycles. The number of aryl methyl sites for hydroxylation is 1. The molecule has 2 heterocycles. The number of benzene rings is 1. The first kappa shape index (κ1) is 25.2. The normalized spacial score (nSPS) is 11.8. The smallest absolute Gasteiger partial charge is 0.328 e. The molecule has 34 heavy (non-hydrogen) atoms. The third-order valence-electron chi connectivity index (χ3n) is 5.68. The number of thiazole rings is 1. The minimum Gasteiger partial charge on any atom is -0.467 e. The zero-order valence-corrected chi connectivity index (χ0v) is 20.7. The van der Waals surface area contributed by atoms with Gasteiger partial charge in [0.05, 0.1) is 24.1 Å². The minimum atomic E-state index is -0.676. The Hall–Kier alpha value is -3.46. The molecule has 0 radical (unpaired) electrons. The van der Waals surface area contributed by atoms with E-state index >= 15 is 0 Å². The second kappa shape index (κ2) is 11.1. The molecule has 0 saturated heterocycles. The van der Waals surface area contributed by atoms with Crippen molar-refractivity contribution < 1.29 is 19.1 Å². The van der Waals surface area contributed by atoms with E-state index in [0.717, 1.165) is 34.1 Å². The van der Waals surface area contributed by atoms with Crippen molar-refractivity contribution in [1.82, 2.24) is 14.9 Å². The van der Waals surface area contributed by atoms with E-state index in [1.54, 1.807) is 17.4 Å². The summed E-state index contributed by atoms with van der Waals surface area (Å²) in [6, 6.07) is 9.31. The Morgan fingerprint density at radius 2 is 1.88 bits per heavy atom. The van der Waals surface area contributed by atoms with E-state index in [4.69, 9.17) is 15.5 Å². The van der Waals surface area contributed by atoms with Crippen molar-refractivity contribution in [3.63, 3.8) is 0 Å². The van der Waals surface area contributed by atoms with Crippen LogP contribution in [0.3, 0.4) is 0 Å². The van der Waals surface area contributed by atoms with Crippen LogP contribution in [-0.2, 0) is 20.9 Å². The standard InChI is InChI=1S/C25H30N4O4S/c1-15-8-10-18(11-9-15)24-28-21(14-34-24)22-13-19(23(26)31)16(2)29(22)12-6-5-7-20(25(32)33-4)27-17(3)30/h8-11,13-14,20H,5-7,12H2,1-4H3,(H2,26,31)(H,27,30). The molecule has 0 fully saturated rings. The van der Waals surface area contributed by atoms with Crippen LogP contribution in [0, 0.1) is 13.8 Å². The predicted molar refractivity (Wildman–Crippen MR) is 132 cm³/mol. The Morgan fingerprint density at radius 1 is 1.18 bits per heavy atom. The molecule has 8 nitrogen and oxygen atoms in total. The Bertz CT molecular complexity index is 1180. The van der Waals surface area contributed by atoms with Crippen LogP contribution in [0.1, 0.15) is 47.8 Å². The van der Waals surface area contributed by atoms with E-state index in [1.165, 1.54) is 19.6 Å². The molecule has 1 aromatic carbocycles. The Labute approximate surface area is 203 Å². The van der Waals surface area contributed by atoms with Gasteiger partial charge < -0.3 is 20.4 Å². The highest BCUT2D eigenvalue weighted by Gasteiger charge is 2.21. The molecule has 0 aliphatic heterocycles. The predicted octanol–water partition coefficient (Wildman–Crippen LogP) is 3.84. The molecule has 0 aliphatic rings. The second-order valence-electron chi connectivity index (χ2n) is 8.22. The number of unbranched alkanes of at least 4 members (excludes halogenated alkanes) is 1. The number of primary amides is 1. The number of nitrogens with one attached hydrogen (secondary N) is 1. The summed E-state index contributed by atoms with van der Waals surface area (Å²) in [5.41, 5.74) is 10.7. The lowest BCUT2D eigenvalue weighted by atomic mass is 10.1. The van der Waals surface area contributed by atoms with Gasteiger partial charge in [-0.3, -0.25) is 9.59 Å². The highest BCUT2D eigenvalue weighted by atomic mass is 32.1. The van der Waals surface area contributed by atoms with Crippen LogP contribution in [-0.4, -0.2) is 40.5 Å². The summed E-state index contributed by atoms with van der Waals surface area (Å²) >= 11 is 1.55. The summed E-state index contributed by atoms with van der Waals surface area (Å²) < 4.78 is 6.82. The number of esters is 1. The molecule has 2 aromatic heterocycles. The van der Waals surface area contributed by atoms with Crippen molar-refractivity contribution in [2.75, 3.05) is 7.11 Å². The zero-order chi connectivity index (χ0) is 24.8. The molecule has 0 spiro atoms. The number of carbonyl (C=O) groups is 3. The number of carbonyl (C=O) groups excluding carboxylic acids is 3. The van der Waals surface area contributed by atoms with Gasteiger partial charge in [-0.05, 0) is 39.2 Å². The largest absolute Gasteiger partial charge is 0.467 e. The van der Waals surface area contributed by atoms with Crippen molar-refractivity contribution in [3.05, 3.63) is 52.5 Å². The van der Waals surface area contributed by atoms with Crippen LogP contribution in [0.5, 0.6) is 0 Å². The van der Waals surface area contributed by atoms with Gasteiger partial charge >= 0.3 is 5.97 Å². The van der Waals surface area contributed by atoms with E-state index in [1.807, 2.05) is 35.9 Å². The Balaban J connectivity index is 1.79. The SMILES string of the molecule is COC(=O)C(CCCCn1c(-c2csc(-c3ccc(C)cc3)n2)cc(C(N)=O)c1C)NC(C)=O. The van der Waals surface area contributed by atoms with Gasteiger partial charge in [-0.25, -0.2) is 9.78 Å². The summed E-state index contributed by atoms with van der Waals surface area (Å²) in [4.78, 5) is 40.1. The van der Waals surface area contributed by atoms with E-state index < -0.39 is 17.9 Å². The van der Waals surface area contributed by atoms with E-state index in [-0.39, 0.29) is 5.91 Å². The average molecular weight is 483 g/mol. The fraction of sp³-hybridized carbons (Fsp3) is 0.360. The van der Waals surface area contributed by atoms with Gasteiger partial charge in [0.15, 0.2) is 0 Å². The third-order valence-corrected chi connectivity index (χ3v) is 6.58. The molecule has 1 unspecified atom stereocenters. The fourth-order valence-corrected chi connectivity index (χ4v) is 4.69. The number of nitrogens with two attached hydrogens (primary N) is 1. The Kier molecular flexibility index (Phi) is 8.22. The highest BCUT2D eigenvalue weighted by Crippen LogP contribution is 2.32. The zero-order valence-electron chi connectivity index (χ0n) is 19.9. The molecule has 3 N–H and O–H groups in total. The number of ether oxygens (including phenoxy) is 1. The number of hydrogen-bond acceptors (Lipinski definition) is 6. The average Bonchev–Trinajstić information content (AvgIpc) is 3.40. The van der Waals surface area contributed by atoms with Crippen molar-refractivity contribution in [3.8, 4) is 22.0 Å². The van der Waals surface area contributed by atoms with Gasteiger partial charge in [0, 0.05) is 30.1 Å². The highest BCUT2D eigenvalue weighted by molar-refractivity contribution is 7.13. The number of methoxy groups -OCH3 is 1. The van der Waals surface area contributed by atoms with E-state index in [2.05, 4.69) is 17.4 Å². The first-order chi connectivity index (χ1) is 16.2. The molecule has 0 aliphatic carbocycles. The molecule has 3 aromatic rings. The number of amides is 2. The van der Waals surface area contributed by atoms with Crippen LogP contribution in [0.15, 0.2) is 35.7 Å². The second-order valence-corrected chi connectivity index (χ2v) is 9.08. The molecule has 2 amide bonds. The van der Waals surface area contributed by atoms with Gasteiger partial charge in [0.2, 0.25) is 5.91 Å². The van der Waals surface area contributed by atoms with Gasteiger partial charge in [0.25, 0.3) is 5.91 Å².